The fourth-order valence-corrected chi connectivity index (χ4v) is 2.59. The molecule has 1 amide bonds. The van der Waals surface area contributed by atoms with Gasteiger partial charge < -0.3 is 10.4 Å². The third kappa shape index (κ3) is 3.97. The van der Waals surface area contributed by atoms with Crippen LogP contribution in [-0.2, 0) is 11.3 Å². The van der Waals surface area contributed by atoms with Crippen molar-refractivity contribution in [2.24, 2.45) is 0 Å². The highest BCUT2D eigenvalue weighted by Crippen LogP contribution is 2.21. The predicted octanol–water partition coefficient (Wildman–Crippen LogP) is 2.47. The number of benzene rings is 1. The maximum absolute atomic E-state index is 12.5. The predicted molar refractivity (Wildman–Crippen MR) is 86.3 cm³/mol. The molecule has 0 fully saturated rings. The standard InChI is InChI=1S/C17H21N3O3/c1-4-20-15(9-12(3)19-20)17(23)18-14(10-16(21)22)13-8-6-5-7-11(13)2/h5-9,14H,4,10H2,1-3H3,(H,18,23)(H,21,22). The number of aromatic nitrogens is 2. The number of carboxylic acids is 1. The first kappa shape index (κ1) is 16.7. The van der Waals surface area contributed by atoms with E-state index < -0.39 is 12.0 Å². The summed E-state index contributed by atoms with van der Waals surface area (Å²) in [5, 5.41) is 16.2. The van der Waals surface area contributed by atoms with E-state index in [-0.39, 0.29) is 12.3 Å². The summed E-state index contributed by atoms with van der Waals surface area (Å²) in [6.07, 6.45) is -0.171. The molecule has 2 N–H and O–H groups in total. The molecule has 1 unspecified atom stereocenters. The summed E-state index contributed by atoms with van der Waals surface area (Å²) in [6, 6.07) is 8.58. The Labute approximate surface area is 135 Å². The van der Waals surface area contributed by atoms with Crippen molar-refractivity contribution in [2.45, 2.75) is 39.8 Å². The highest BCUT2D eigenvalue weighted by molar-refractivity contribution is 5.93. The molecule has 23 heavy (non-hydrogen) atoms. The second-order valence-corrected chi connectivity index (χ2v) is 5.47. The topological polar surface area (TPSA) is 84.2 Å². The van der Waals surface area contributed by atoms with E-state index in [0.29, 0.717) is 12.2 Å². The zero-order chi connectivity index (χ0) is 17.0. The number of rotatable bonds is 6. The van der Waals surface area contributed by atoms with Crippen molar-refractivity contribution < 1.29 is 14.7 Å². The molecule has 2 rings (SSSR count). The molecule has 0 bridgehead atoms. The van der Waals surface area contributed by atoms with Crippen LogP contribution in [0.25, 0.3) is 0 Å². The molecule has 1 atom stereocenters. The highest BCUT2D eigenvalue weighted by Gasteiger charge is 2.22. The van der Waals surface area contributed by atoms with Crippen molar-refractivity contribution in [1.82, 2.24) is 15.1 Å². The lowest BCUT2D eigenvalue weighted by atomic mass is 9.98. The van der Waals surface area contributed by atoms with Gasteiger partial charge in [0.2, 0.25) is 0 Å². The summed E-state index contributed by atoms with van der Waals surface area (Å²) in [5.41, 5.74) is 2.94. The molecule has 1 heterocycles. The van der Waals surface area contributed by atoms with Gasteiger partial charge in [-0.1, -0.05) is 24.3 Å². The van der Waals surface area contributed by atoms with Crippen molar-refractivity contribution in [3.8, 4) is 0 Å². The van der Waals surface area contributed by atoms with Gasteiger partial charge in [-0.15, -0.1) is 0 Å². The van der Waals surface area contributed by atoms with E-state index in [1.54, 1.807) is 10.7 Å². The third-order valence-electron chi connectivity index (χ3n) is 3.68. The first-order valence-corrected chi connectivity index (χ1v) is 7.55. The van der Waals surface area contributed by atoms with E-state index in [0.717, 1.165) is 16.8 Å². The van der Waals surface area contributed by atoms with Gasteiger partial charge in [-0.05, 0) is 38.0 Å². The molecular weight excluding hydrogens is 294 g/mol. The SMILES string of the molecule is CCn1nc(C)cc1C(=O)NC(CC(=O)O)c1ccccc1C. The molecule has 6 nitrogen and oxygen atoms in total. The Bertz CT molecular complexity index is 722. The van der Waals surface area contributed by atoms with Crippen LogP contribution >= 0.6 is 0 Å². The molecule has 2 aromatic rings. The van der Waals surface area contributed by atoms with Gasteiger partial charge in [0.1, 0.15) is 5.69 Å². The summed E-state index contributed by atoms with van der Waals surface area (Å²) < 4.78 is 1.61. The summed E-state index contributed by atoms with van der Waals surface area (Å²) in [7, 11) is 0. The Morgan fingerprint density at radius 3 is 2.61 bits per heavy atom. The Kier molecular flexibility index (Phi) is 5.16. The smallest absolute Gasteiger partial charge is 0.305 e. The average molecular weight is 315 g/mol. The molecule has 122 valence electrons. The number of carbonyl (C=O) groups is 2. The van der Waals surface area contributed by atoms with Crippen LogP contribution in [0, 0.1) is 13.8 Å². The Morgan fingerprint density at radius 2 is 2.00 bits per heavy atom. The molecule has 0 saturated carbocycles. The van der Waals surface area contributed by atoms with Gasteiger partial charge in [0.05, 0.1) is 18.2 Å². The van der Waals surface area contributed by atoms with Crippen molar-refractivity contribution >= 4 is 11.9 Å². The minimum absolute atomic E-state index is 0.171. The van der Waals surface area contributed by atoms with Gasteiger partial charge in [0.15, 0.2) is 0 Å². The maximum Gasteiger partial charge on any atom is 0.305 e. The molecule has 0 aliphatic carbocycles. The third-order valence-corrected chi connectivity index (χ3v) is 3.68. The summed E-state index contributed by atoms with van der Waals surface area (Å²) in [6.45, 7) is 6.19. The fraction of sp³-hybridized carbons (Fsp3) is 0.353. The van der Waals surface area contributed by atoms with Crippen molar-refractivity contribution in [2.75, 3.05) is 0 Å². The normalized spacial score (nSPS) is 12.0. The number of carbonyl (C=O) groups excluding carboxylic acids is 1. The molecule has 1 aromatic heterocycles. The molecule has 6 heteroatoms. The number of nitrogens with zero attached hydrogens (tertiary/aromatic N) is 2. The van der Waals surface area contributed by atoms with Gasteiger partial charge in [0.25, 0.3) is 5.91 Å². The number of aryl methyl sites for hydroxylation is 3. The van der Waals surface area contributed by atoms with E-state index in [1.165, 1.54) is 0 Å². The molecule has 1 aromatic carbocycles. The molecular formula is C17H21N3O3. The number of aliphatic carboxylic acids is 1. The van der Waals surface area contributed by atoms with Crippen LogP contribution in [0.5, 0.6) is 0 Å². The van der Waals surface area contributed by atoms with Crippen LogP contribution in [-0.4, -0.2) is 26.8 Å². The molecule has 0 spiro atoms. The van der Waals surface area contributed by atoms with Crippen LogP contribution < -0.4 is 5.32 Å². The average Bonchev–Trinajstić information content (AvgIpc) is 2.88. The Morgan fingerprint density at radius 1 is 1.30 bits per heavy atom. The van der Waals surface area contributed by atoms with Gasteiger partial charge in [-0.25, -0.2) is 0 Å². The van der Waals surface area contributed by atoms with Crippen LogP contribution in [0.3, 0.4) is 0 Å². The zero-order valence-corrected chi connectivity index (χ0v) is 13.5. The monoisotopic (exact) mass is 315 g/mol. The highest BCUT2D eigenvalue weighted by atomic mass is 16.4. The van der Waals surface area contributed by atoms with Gasteiger partial charge in [-0.3, -0.25) is 14.3 Å². The lowest BCUT2D eigenvalue weighted by Crippen LogP contribution is -2.32. The Balaban J connectivity index is 2.29. The van der Waals surface area contributed by atoms with Gasteiger partial charge in [-0.2, -0.15) is 5.10 Å². The first-order chi connectivity index (χ1) is 10.9. The van der Waals surface area contributed by atoms with E-state index in [9.17, 15) is 9.59 Å². The van der Waals surface area contributed by atoms with Crippen LogP contribution in [0.2, 0.25) is 0 Å². The van der Waals surface area contributed by atoms with E-state index in [1.807, 2.05) is 45.0 Å². The van der Waals surface area contributed by atoms with Crippen LogP contribution in [0.1, 0.15) is 46.7 Å². The maximum atomic E-state index is 12.5. The van der Waals surface area contributed by atoms with Crippen molar-refractivity contribution in [3.05, 3.63) is 52.8 Å². The number of carboxylic acid groups (broad SMARTS) is 1. The number of nitrogens with one attached hydrogen (secondary N) is 1. The van der Waals surface area contributed by atoms with E-state index in [4.69, 9.17) is 5.11 Å². The van der Waals surface area contributed by atoms with Crippen molar-refractivity contribution in [3.63, 3.8) is 0 Å². The van der Waals surface area contributed by atoms with E-state index in [2.05, 4.69) is 10.4 Å². The molecule has 0 saturated heterocycles. The number of amides is 1. The zero-order valence-electron chi connectivity index (χ0n) is 13.5. The minimum Gasteiger partial charge on any atom is -0.481 e. The lowest BCUT2D eigenvalue weighted by Gasteiger charge is -2.19. The number of hydrogen-bond donors (Lipinski definition) is 2. The largest absolute Gasteiger partial charge is 0.481 e. The Hall–Kier alpha value is -2.63. The second kappa shape index (κ2) is 7.09. The number of hydrogen-bond acceptors (Lipinski definition) is 3. The summed E-state index contributed by atoms with van der Waals surface area (Å²) in [4.78, 5) is 23.7. The molecule has 0 radical (unpaired) electrons. The first-order valence-electron chi connectivity index (χ1n) is 7.55. The van der Waals surface area contributed by atoms with E-state index >= 15 is 0 Å². The lowest BCUT2D eigenvalue weighted by molar-refractivity contribution is -0.137. The van der Waals surface area contributed by atoms with Crippen LogP contribution in [0.4, 0.5) is 0 Å². The summed E-state index contributed by atoms with van der Waals surface area (Å²) in [5.74, 6) is -1.28. The van der Waals surface area contributed by atoms with Gasteiger partial charge >= 0.3 is 5.97 Å². The quantitative estimate of drug-likeness (QED) is 0.857. The summed E-state index contributed by atoms with van der Waals surface area (Å²) >= 11 is 0. The van der Waals surface area contributed by atoms with Gasteiger partial charge in [0, 0.05) is 6.54 Å². The molecule has 0 aliphatic heterocycles. The molecule has 0 aliphatic rings. The fourth-order valence-electron chi connectivity index (χ4n) is 2.59. The second-order valence-electron chi connectivity index (χ2n) is 5.47. The minimum atomic E-state index is -0.960. The van der Waals surface area contributed by atoms with Crippen molar-refractivity contribution in [1.29, 1.82) is 0 Å². The van der Waals surface area contributed by atoms with Crippen LogP contribution in [0.15, 0.2) is 30.3 Å².